The molecule has 1 aliphatic heterocycles. The Morgan fingerprint density at radius 1 is 1.30 bits per heavy atom. The standard InChI is InChI=1S/C14H20N2O3S/c1-18-11-7-9(15)10(8-12(11)19-2)16-14(17)13-5-3-4-6-20-13/h7-8,13H,3-6,15H2,1-2H3,(H,16,17). The summed E-state index contributed by atoms with van der Waals surface area (Å²) < 4.78 is 10.4. The van der Waals surface area contributed by atoms with Crippen LogP contribution in [0.1, 0.15) is 19.3 Å². The van der Waals surface area contributed by atoms with Gasteiger partial charge in [0, 0.05) is 12.1 Å². The fourth-order valence-corrected chi connectivity index (χ4v) is 3.36. The van der Waals surface area contributed by atoms with Gasteiger partial charge >= 0.3 is 0 Å². The minimum Gasteiger partial charge on any atom is -0.493 e. The first-order valence-electron chi connectivity index (χ1n) is 6.59. The molecule has 1 aromatic rings. The van der Waals surface area contributed by atoms with E-state index in [0.717, 1.165) is 18.6 Å². The van der Waals surface area contributed by atoms with Crippen molar-refractivity contribution in [2.75, 3.05) is 31.0 Å². The minimum atomic E-state index is 0.00798. The Kier molecular flexibility index (Phi) is 5.00. The van der Waals surface area contributed by atoms with E-state index in [2.05, 4.69) is 5.32 Å². The molecule has 110 valence electrons. The predicted molar refractivity (Wildman–Crippen MR) is 82.7 cm³/mol. The molecule has 5 nitrogen and oxygen atoms in total. The summed E-state index contributed by atoms with van der Waals surface area (Å²) in [5.41, 5.74) is 6.98. The number of benzene rings is 1. The van der Waals surface area contributed by atoms with Gasteiger partial charge in [0.05, 0.1) is 30.8 Å². The van der Waals surface area contributed by atoms with Gasteiger partial charge < -0.3 is 20.5 Å². The summed E-state index contributed by atoms with van der Waals surface area (Å²) in [7, 11) is 3.10. The number of ether oxygens (including phenoxy) is 2. The van der Waals surface area contributed by atoms with Crippen LogP contribution in [-0.2, 0) is 4.79 Å². The van der Waals surface area contributed by atoms with Crippen molar-refractivity contribution >= 4 is 29.0 Å². The Morgan fingerprint density at radius 3 is 2.60 bits per heavy atom. The zero-order valence-electron chi connectivity index (χ0n) is 11.8. The maximum absolute atomic E-state index is 12.2. The van der Waals surface area contributed by atoms with E-state index < -0.39 is 0 Å². The first-order valence-corrected chi connectivity index (χ1v) is 7.64. The van der Waals surface area contributed by atoms with E-state index in [9.17, 15) is 4.79 Å². The third kappa shape index (κ3) is 3.30. The minimum absolute atomic E-state index is 0.00798. The number of nitrogens with two attached hydrogens (primary N) is 1. The normalized spacial score (nSPS) is 18.4. The van der Waals surface area contributed by atoms with Crippen LogP contribution < -0.4 is 20.5 Å². The third-order valence-corrected chi connectivity index (χ3v) is 4.66. The van der Waals surface area contributed by atoms with Gasteiger partial charge in [0.25, 0.3) is 0 Å². The second-order valence-electron chi connectivity index (χ2n) is 4.64. The molecule has 6 heteroatoms. The number of carbonyl (C=O) groups excluding carboxylic acids is 1. The average molecular weight is 296 g/mol. The van der Waals surface area contributed by atoms with Crippen LogP contribution in [0.5, 0.6) is 11.5 Å². The van der Waals surface area contributed by atoms with Crippen molar-refractivity contribution in [2.45, 2.75) is 24.5 Å². The molecule has 2 rings (SSSR count). The van der Waals surface area contributed by atoms with Crippen LogP contribution in [0.4, 0.5) is 11.4 Å². The Bertz CT molecular complexity index is 488. The zero-order chi connectivity index (χ0) is 14.5. The number of hydrogen-bond acceptors (Lipinski definition) is 5. The maximum atomic E-state index is 12.2. The number of methoxy groups -OCH3 is 2. The Balaban J connectivity index is 2.13. The summed E-state index contributed by atoms with van der Waals surface area (Å²) in [6.07, 6.45) is 3.21. The SMILES string of the molecule is COc1cc(N)c(NC(=O)C2CCCCS2)cc1OC. The number of hydrogen-bond donors (Lipinski definition) is 2. The molecule has 20 heavy (non-hydrogen) atoms. The highest BCUT2D eigenvalue weighted by Gasteiger charge is 2.22. The lowest BCUT2D eigenvalue weighted by Crippen LogP contribution is -2.27. The molecule has 1 amide bonds. The van der Waals surface area contributed by atoms with Crippen LogP contribution >= 0.6 is 11.8 Å². The van der Waals surface area contributed by atoms with E-state index in [1.165, 1.54) is 6.42 Å². The topological polar surface area (TPSA) is 73.6 Å². The molecule has 3 N–H and O–H groups in total. The smallest absolute Gasteiger partial charge is 0.237 e. The maximum Gasteiger partial charge on any atom is 0.237 e. The van der Waals surface area contributed by atoms with E-state index in [4.69, 9.17) is 15.2 Å². The first-order chi connectivity index (χ1) is 9.65. The molecule has 1 unspecified atom stereocenters. The zero-order valence-corrected chi connectivity index (χ0v) is 12.6. The molecule has 0 aliphatic carbocycles. The number of nitrogen functional groups attached to an aromatic ring is 1. The number of carbonyl (C=O) groups is 1. The van der Waals surface area contributed by atoms with Crippen LogP contribution in [0.2, 0.25) is 0 Å². The second kappa shape index (κ2) is 6.74. The van der Waals surface area contributed by atoms with Gasteiger partial charge in [-0.3, -0.25) is 4.79 Å². The van der Waals surface area contributed by atoms with E-state index in [0.29, 0.717) is 22.9 Å². The van der Waals surface area contributed by atoms with Crippen LogP contribution in [0, 0.1) is 0 Å². The molecule has 0 aromatic heterocycles. The molecule has 1 aromatic carbocycles. The van der Waals surface area contributed by atoms with Gasteiger partial charge in [0.2, 0.25) is 5.91 Å². The summed E-state index contributed by atoms with van der Waals surface area (Å²) >= 11 is 1.71. The predicted octanol–water partition coefficient (Wildman–Crippen LogP) is 2.51. The van der Waals surface area contributed by atoms with Gasteiger partial charge in [-0.15, -0.1) is 11.8 Å². The Morgan fingerprint density at radius 2 is 2.00 bits per heavy atom. The number of rotatable bonds is 4. The Hall–Kier alpha value is -1.56. The Labute approximate surface area is 123 Å². The van der Waals surface area contributed by atoms with Crippen LogP contribution in [-0.4, -0.2) is 31.1 Å². The van der Waals surface area contributed by atoms with Gasteiger partial charge in [-0.1, -0.05) is 6.42 Å². The largest absolute Gasteiger partial charge is 0.493 e. The van der Waals surface area contributed by atoms with Crippen molar-refractivity contribution in [1.29, 1.82) is 0 Å². The van der Waals surface area contributed by atoms with Gasteiger partial charge in [-0.05, 0) is 18.6 Å². The summed E-state index contributed by atoms with van der Waals surface area (Å²) in [5, 5.41) is 2.90. The fraction of sp³-hybridized carbons (Fsp3) is 0.500. The van der Waals surface area contributed by atoms with Crippen molar-refractivity contribution in [2.24, 2.45) is 0 Å². The van der Waals surface area contributed by atoms with E-state index in [1.54, 1.807) is 38.1 Å². The van der Waals surface area contributed by atoms with Gasteiger partial charge in [-0.2, -0.15) is 0 Å². The van der Waals surface area contributed by atoms with Crippen LogP contribution in [0.25, 0.3) is 0 Å². The van der Waals surface area contributed by atoms with E-state index in [-0.39, 0.29) is 11.2 Å². The molecule has 0 saturated carbocycles. The van der Waals surface area contributed by atoms with E-state index >= 15 is 0 Å². The van der Waals surface area contributed by atoms with E-state index in [1.807, 2.05) is 0 Å². The number of anilines is 2. The fourth-order valence-electron chi connectivity index (χ4n) is 2.16. The molecule has 1 atom stereocenters. The second-order valence-corrected chi connectivity index (χ2v) is 5.95. The number of amides is 1. The average Bonchev–Trinajstić information content (AvgIpc) is 2.49. The third-order valence-electron chi connectivity index (χ3n) is 3.29. The summed E-state index contributed by atoms with van der Waals surface area (Å²) in [4.78, 5) is 12.2. The van der Waals surface area contributed by atoms with Crippen molar-refractivity contribution in [3.63, 3.8) is 0 Å². The number of thioether (sulfide) groups is 1. The van der Waals surface area contributed by atoms with Gasteiger partial charge in [0.1, 0.15) is 0 Å². The van der Waals surface area contributed by atoms with Crippen molar-refractivity contribution in [3.05, 3.63) is 12.1 Å². The van der Waals surface area contributed by atoms with Gasteiger partial charge in [0.15, 0.2) is 11.5 Å². The molecule has 1 aliphatic rings. The highest BCUT2D eigenvalue weighted by molar-refractivity contribution is 8.00. The van der Waals surface area contributed by atoms with Crippen LogP contribution in [0.15, 0.2) is 12.1 Å². The van der Waals surface area contributed by atoms with Crippen molar-refractivity contribution in [1.82, 2.24) is 0 Å². The molecule has 1 saturated heterocycles. The molecule has 0 spiro atoms. The lowest BCUT2D eigenvalue weighted by atomic mass is 10.1. The molecule has 1 fully saturated rings. The quantitative estimate of drug-likeness (QED) is 0.835. The molecular formula is C14H20N2O3S. The lowest BCUT2D eigenvalue weighted by molar-refractivity contribution is -0.115. The molecule has 0 bridgehead atoms. The monoisotopic (exact) mass is 296 g/mol. The summed E-state index contributed by atoms with van der Waals surface area (Å²) in [6, 6.07) is 3.35. The number of nitrogens with one attached hydrogen (secondary N) is 1. The summed E-state index contributed by atoms with van der Waals surface area (Å²) in [6.45, 7) is 0. The highest BCUT2D eigenvalue weighted by atomic mass is 32.2. The first kappa shape index (κ1) is 14.8. The molecule has 1 heterocycles. The van der Waals surface area contributed by atoms with Crippen molar-refractivity contribution < 1.29 is 14.3 Å². The van der Waals surface area contributed by atoms with Crippen LogP contribution in [0.3, 0.4) is 0 Å². The molecule has 0 radical (unpaired) electrons. The van der Waals surface area contributed by atoms with Crippen molar-refractivity contribution in [3.8, 4) is 11.5 Å². The highest BCUT2D eigenvalue weighted by Crippen LogP contribution is 2.35. The van der Waals surface area contributed by atoms with Gasteiger partial charge in [-0.25, -0.2) is 0 Å². The summed E-state index contributed by atoms with van der Waals surface area (Å²) in [5.74, 6) is 2.15. The molecular weight excluding hydrogens is 276 g/mol. The lowest BCUT2D eigenvalue weighted by Gasteiger charge is -2.21.